The molecular weight excluding hydrogens is 467 g/mol. The zero-order valence-corrected chi connectivity index (χ0v) is 19.5. The van der Waals surface area contributed by atoms with Gasteiger partial charge < -0.3 is 14.7 Å². The molecule has 1 unspecified atom stereocenters. The zero-order chi connectivity index (χ0) is 24.3. The summed E-state index contributed by atoms with van der Waals surface area (Å²) in [6.07, 6.45) is -2.44. The van der Waals surface area contributed by atoms with Gasteiger partial charge in [-0.25, -0.2) is 9.78 Å². The van der Waals surface area contributed by atoms with Gasteiger partial charge in [-0.15, -0.1) is 0 Å². The molecule has 0 aliphatic carbocycles. The van der Waals surface area contributed by atoms with Gasteiger partial charge in [0.25, 0.3) is 0 Å². The van der Waals surface area contributed by atoms with Crippen LogP contribution in [0.15, 0.2) is 42.5 Å². The van der Waals surface area contributed by atoms with Crippen molar-refractivity contribution in [2.24, 2.45) is 0 Å². The second-order valence-electron chi connectivity index (χ2n) is 8.38. The van der Waals surface area contributed by atoms with Crippen LogP contribution in [-0.4, -0.2) is 53.2 Å². The topological polar surface area (TPSA) is 65.9 Å². The number of fused-ring (bicyclic) bond motifs is 1. The molecule has 0 amide bonds. The first-order valence-corrected chi connectivity index (χ1v) is 11.9. The minimum Gasteiger partial charge on any atom is -0.482 e. The standard InChI is InChI=1S/C24H26F3N3O3S/c1-2-4-18-14-29(13-16-5-3-6-19(11-16)33-15-22(31)32)9-10-30(18)23-28-20-8-7-17(24(25,26)27)12-21(20)34-23/h3,5-8,11-12,18H,2,4,9-10,13-15H2,1H3,(H,31,32). The molecule has 1 aliphatic rings. The van der Waals surface area contributed by atoms with Crippen LogP contribution < -0.4 is 9.64 Å². The summed E-state index contributed by atoms with van der Waals surface area (Å²) in [5.74, 6) is -0.496. The number of anilines is 1. The number of hydrogen-bond donors (Lipinski definition) is 1. The quantitative estimate of drug-likeness (QED) is 0.461. The second-order valence-corrected chi connectivity index (χ2v) is 9.39. The number of thiazole rings is 1. The lowest BCUT2D eigenvalue weighted by Gasteiger charge is -2.41. The van der Waals surface area contributed by atoms with Crippen molar-refractivity contribution in [3.63, 3.8) is 0 Å². The van der Waals surface area contributed by atoms with Crippen LogP contribution in [-0.2, 0) is 17.5 Å². The first-order chi connectivity index (χ1) is 16.2. The van der Waals surface area contributed by atoms with E-state index >= 15 is 0 Å². The van der Waals surface area contributed by atoms with E-state index in [9.17, 15) is 18.0 Å². The minimum absolute atomic E-state index is 0.202. The average Bonchev–Trinajstić information content (AvgIpc) is 3.21. The number of carbonyl (C=O) groups is 1. The normalized spacial score (nSPS) is 17.3. The third kappa shape index (κ3) is 5.79. The van der Waals surface area contributed by atoms with Gasteiger partial charge in [0.05, 0.1) is 15.8 Å². The molecule has 2 heterocycles. The highest BCUT2D eigenvalue weighted by Crippen LogP contribution is 2.36. The Morgan fingerprint density at radius 2 is 2.06 bits per heavy atom. The number of nitrogens with zero attached hydrogens (tertiary/aromatic N) is 3. The van der Waals surface area contributed by atoms with Crippen LogP contribution in [0.3, 0.4) is 0 Å². The summed E-state index contributed by atoms with van der Waals surface area (Å²) >= 11 is 1.31. The van der Waals surface area contributed by atoms with Crippen molar-refractivity contribution in [3.05, 3.63) is 53.6 Å². The lowest BCUT2D eigenvalue weighted by Crippen LogP contribution is -2.52. The van der Waals surface area contributed by atoms with Crippen molar-refractivity contribution in [1.29, 1.82) is 0 Å². The number of ether oxygens (including phenoxy) is 1. The molecule has 3 aromatic rings. The monoisotopic (exact) mass is 493 g/mol. The van der Waals surface area contributed by atoms with Gasteiger partial charge >= 0.3 is 12.1 Å². The van der Waals surface area contributed by atoms with Crippen molar-refractivity contribution in [2.45, 2.75) is 38.5 Å². The molecule has 1 aliphatic heterocycles. The van der Waals surface area contributed by atoms with Crippen molar-refractivity contribution >= 4 is 32.7 Å². The Morgan fingerprint density at radius 3 is 2.79 bits per heavy atom. The Hall–Kier alpha value is -2.85. The number of aliphatic carboxylic acids is 1. The van der Waals surface area contributed by atoms with Crippen molar-refractivity contribution in [2.75, 3.05) is 31.1 Å². The Morgan fingerprint density at radius 1 is 1.24 bits per heavy atom. The van der Waals surface area contributed by atoms with Crippen molar-refractivity contribution < 1.29 is 27.8 Å². The molecule has 0 saturated carbocycles. The number of alkyl halides is 3. The number of carboxylic acid groups (broad SMARTS) is 1. The number of carboxylic acids is 1. The van der Waals surface area contributed by atoms with Gasteiger partial charge in [0.2, 0.25) is 0 Å². The molecule has 4 rings (SSSR count). The average molecular weight is 494 g/mol. The summed E-state index contributed by atoms with van der Waals surface area (Å²) in [6, 6.07) is 11.3. The van der Waals surface area contributed by atoms with E-state index in [1.807, 2.05) is 18.2 Å². The molecule has 182 valence electrons. The molecule has 2 aromatic carbocycles. The molecule has 34 heavy (non-hydrogen) atoms. The van der Waals surface area contributed by atoms with Crippen LogP contribution >= 0.6 is 11.3 Å². The van der Waals surface area contributed by atoms with Crippen LogP contribution in [0.2, 0.25) is 0 Å². The van der Waals surface area contributed by atoms with Crippen LogP contribution in [0.1, 0.15) is 30.9 Å². The number of piperazine rings is 1. The SMILES string of the molecule is CCCC1CN(Cc2cccc(OCC(=O)O)c2)CCN1c1nc2ccc(C(F)(F)F)cc2s1. The summed E-state index contributed by atoms with van der Waals surface area (Å²) in [4.78, 5) is 19.9. The van der Waals surface area contributed by atoms with E-state index in [0.717, 1.165) is 49.2 Å². The molecule has 1 atom stereocenters. The third-order valence-electron chi connectivity index (χ3n) is 5.81. The van der Waals surface area contributed by atoms with E-state index < -0.39 is 17.7 Å². The first-order valence-electron chi connectivity index (χ1n) is 11.1. The Labute approximate surface area is 199 Å². The molecule has 10 heteroatoms. The number of halogens is 3. The van der Waals surface area contributed by atoms with Gasteiger partial charge in [-0.3, -0.25) is 4.90 Å². The van der Waals surface area contributed by atoms with E-state index in [2.05, 4.69) is 21.7 Å². The zero-order valence-electron chi connectivity index (χ0n) is 18.7. The lowest BCUT2D eigenvalue weighted by molar-refractivity contribution is -0.139. The highest BCUT2D eigenvalue weighted by Gasteiger charge is 2.32. The molecule has 1 aromatic heterocycles. The molecule has 1 saturated heterocycles. The smallest absolute Gasteiger partial charge is 0.416 e. The highest BCUT2D eigenvalue weighted by atomic mass is 32.1. The number of benzene rings is 2. The van der Waals surface area contributed by atoms with Gasteiger partial charge in [0.15, 0.2) is 11.7 Å². The van der Waals surface area contributed by atoms with Crippen LogP contribution in [0.4, 0.5) is 18.3 Å². The summed E-state index contributed by atoms with van der Waals surface area (Å²) in [6.45, 7) is 4.75. The van der Waals surface area contributed by atoms with Crippen LogP contribution in [0, 0.1) is 0 Å². The molecule has 0 radical (unpaired) electrons. The van der Waals surface area contributed by atoms with Crippen LogP contribution in [0.25, 0.3) is 10.2 Å². The summed E-state index contributed by atoms with van der Waals surface area (Å²) in [7, 11) is 0. The van der Waals surface area contributed by atoms with Gasteiger partial charge in [-0.05, 0) is 42.3 Å². The van der Waals surface area contributed by atoms with Gasteiger partial charge in [-0.1, -0.05) is 36.8 Å². The van der Waals surface area contributed by atoms with E-state index in [1.54, 1.807) is 6.07 Å². The third-order valence-corrected chi connectivity index (χ3v) is 6.86. The van der Waals surface area contributed by atoms with Crippen molar-refractivity contribution in [3.8, 4) is 5.75 Å². The molecule has 1 fully saturated rings. The Bertz CT molecular complexity index is 1150. The Kier molecular flexibility index (Phi) is 7.27. The molecule has 1 N–H and O–H groups in total. The Balaban J connectivity index is 1.47. The van der Waals surface area contributed by atoms with Gasteiger partial charge in [0, 0.05) is 32.2 Å². The molecule has 0 spiro atoms. The fourth-order valence-electron chi connectivity index (χ4n) is 4.24. The summed E-state index contributed by atoms with van der Waals surface area (Å²) in [5, 5.41) is 9.57. The van der Waals surface area contributed by atoms with Crippen molar-refractivity contribution in [1.82, 2.24) is 9.88 Å². The van der Waals surface area contributed by atoms with Gasteiger partial charge in [-0.2, -0.15) is 13.2 Å². The van der Waals surface area contributed by atoms with Crippen LogP contribution in [0.5, 0.6) is 5.75 Å². The fraction of sp³-hybridized carbons (Fsp3) is 0.417. The fourth-order valence-corrected chi connectivity index (χ4v) is 5.35. The maximum atomic E-state index is 13.1. The highest BCUT2D eigenvalue weighted by molar-refractivity contribution is 7.22. The first kappa shape index (κ1) is 24.3. The van der Waals surface area contributed by atoms with E-state index in [1.165, 1.54) is 23.5 Å². The molecule has 6 nitrogen and oxygen atoms in total. The summed E-state index contributed by atoms with van der Waals surface area (Å²) < 4.78 is 45.1. The maximum Gasteiger partial charge on any atom is 0.416 e. The maximum absolute atomic E-state index is 13.1. The van der Waals surface area contributed by atoms with E-state index in [4.69, 9.17) is 9.84 Å². The second kappa shape index (κ2) is 10.2. The molecule has 0 bridgehead atoms. The predicted octanol–water partition coefficient (Wildman–Crippen LogP) is 5.27. The summed E-state index contributed by atoms with van der Waals surface area (Å²) in [5.41, 5.74) is 0.967. The van der Waals surface area contributed by atoms with Gasteiger partial charge in [0.1, 0.15) is 5.75 Å². The largest absolute Gasteiger partial charge is 0.482 e. The minimum atomic E-state index is -4.37. The number of hydrogen-bond acceptors (Lipinski definition) is 6. The number of aromatic nitrogens is 1. The molecular formula is C24H26F3N3O3S. The lowest BCUT2D eigenvalue weighted by atomic mass is 10.1. The number of rotatable bonds is 8. The predicted molar refractivity (Wildman–Crippen MR) is 126 cm³/mol. The van der Waals surface area contributed by atoms with E-state index in [0.29, 0.717) is 22.5 Å². The van der Waals surface area contributed by atoms with E-state index in [-0.39, 0.29) is 12.6 Å².